The van der Waals surface area contributed by atoms with Gasteiger partial charge in [-0.2, -0.15) is 0 Å². The van der Waals surface area contributed by atoms with Crippen molar-refractivity contribution in [3.8, 4) is 0 Å². The van der Waals surface area contributed by atoms with Crippen LogP contribution >= 0.6 is 0 Å². The molecule has 0 saturated carbocycles. The molecule has 2 unspecified atom stereocenters. The number of rotatable bonds is 2. The van der Waals surface area contributed by atoms with Gasteiger partial charge in [0.25, 0.3) is 0 Å². The number of fused-ring (bicyclic) bond motifs is 1. The SMILES string of the molecule is NCC1CN(C2CCCc3ccccc32)CCO1. The van der Waals surface area contributed by atoms with Crippen LogP contribution in [0.3, 0.4) is 0 Å². The largest absolute Gasteiger partial charge is 0.374 e. The van der Waals surface area contributed by atoms with Crippen molar-refractivity contribution >= 4 is 0 Å². The van der Waals surface area contributed by atoms with E-state index < -0.39 is 0 Å². The van der Waals surface area contributed by atoms with Crippen LogP contribution in [-0.2, 0) is 11.2 Å². The third-order valence-corrected chi connectivity index (χ3v) is 4.21. The molecule has 1 aliphatic carbocycles. The maximum absolute atomic E-state index is 5.74. The van der Waals surface area contributed by atoms with Crippen molar-refractivity contribution in [3.05, 3.63) is 35.4 Å². The second-order valence-corrected chi connectivity index (χ2v) is 5.33. The number of morpholine rings is 1. The Morgan fingerprint density at radius 2 is 2.22 bits per heavy atom. The van der Waals surface area contributed by atoms with Crippen molar-refractivity contribution in [2.24, 2.45) is 5.73 Å². The second-order valence-electron chi connectivity index (χ2n) is 5.33. The van der Waals surface area contributed by atoms with Crippen LogP contribution in [0.1, 0.15) is 30.0 Å². The predicted molar refractivity (Wildman–Crippen MR) is 72.5 cm³/mol. The average Bonchev–Trinajstić information content (AvgIpc) is 2.47. The maximum Gasteiger partial charge on any atom is 0.0824 e. The normalized spacial score (nSPS) is 28.9. The molecule has 1 heterocycles. The lowest BCUT2D eigenvalue weighted by Gasteiger charge is -2.40. The van der Waals surface area contributed by atoms with E-state index in [1.54, 1.807) is 0 Å². The molecule has 1 saturated heterocycles. The van der Waals surface area contributed by atoms with Crippen molar-refractivity contribution < 1.29 is 4.74 Å². The van der Waals surface area contributed by atoms with Gasteiger partial charge in [-0.3, -0.25) is 4.90 Å². The van der Waals surface area contributed by atoms with Crippen molar-refractivity contribution in [1.29, 1.82) is 0 Å². The highest BCUT2D eigenvalue weighted by Crippen LogP contribution is 2.34. The van der Waals surface area contributed by atoms with Crippen LogP contribution in [0.5, 0.6) is 0 Å². The van der Waals surface area contributed by atoms with Crippen molar-refractivity contribution in [2.75, 3.05) is 26.2 Å². The van der Waals surface area contributed by atoms with Gasteiger partial charge in [-0.25, -0.2) is 0 Å². The van der Waals surface area contributed by atoms with Crippen LogP contribution < -0.4 is 5.73 Å². The molecule has 0 amide bonds. The molecule has 18 heavy (non-hydrogen) atoms. The lowest BCUT2D eigenvalue weighted by molar-refractivity contribution is -0.0414. The van der Waals surface area contributed by atoms with Crippen LogP contribution in [0.2, 0.25) is 0 Å². The first kappa shape index (κ1) is 12.2. The molecule has 3 nitrogen and oxygen atoms in total. The summed E-state index contributed by atoms with van der Waals surface area (Å²) in [6, 6.07) is 9.48. The third kappa shape index (κ3) is 2.30. The Kier molecular flexibility index (Phi) is 3.64. The molecule has 98 valence electrons. The first-order valence-corrected chi connectivity index (χ1v) is 7.02. The molecule has 0 bridgehead atoms. The minimum atomic E-state index is 0.216. The summed E-state index contributed by atoms with van der Waals surface area (Å²) in [6.07, 6.45) is 4.02. The highest BCUT2D eigenvalue weighted by Gasteiger charge is 2.29. The molecular formula is C15H22N2O. The molecule has 0 spiro atoms. The quantitative estimate of drug-likeness (QED) is 0.863. The fourth-order valence-corrected chi connectivity index (χ4v) is 3.28. The van der Waals surface area contributed by atoms with Gasteiger partial charge >= 0.3 is 0 Å². The molecular weight excluding hydrogens is 224 g/mol. The summed E-state index contributed by atoms with van der Waals surface area (Å²) in [4.78, 5) is 2.57. The van der Waals surface area contributed by atoms with Gasteiger partial charge in [0.1, 0.15) is 0 Å². The highest BCUT2D eigenvalue weighted by atomic mass is 16.5. The molecule has 2 aliphatic rings. The number of ether oxygens (including phenoxy) is 1. The summed E-state index contributed by atoms with van der Waals surface area (Å²) in [6.45, 7) is 3.47. The van der Waals surface area contributed by atoms with Gasteiger partial charge in [-0.05, 0) is 30.4 Å². The van der Waals surface area contributed by atoms with Gasteiger partial charge in [-0.1, -0.05) is 24.3 Å². The summed E-state index contributed by atoms with van der Waals surface area (Å²) >= 11 is 0. The summed E-state index contributed by atoms with van der Waals surface area (Å²) in [5.74, 6) is 0. The van der Waals surface area contributed by atoms with E-state index in [-0.39, 0.29) is 6.10 Å². The molecule has 2 N–H and O–H groups in total. The van der Waals surface area contributed by atoms with Gasteiger partial charge < -0.3 is 10.5 Å². The van der Waals surface area contributed by atoms with Gasteiger partial charge in [0.15, 0.2) is 0 Å². The molecule has 1 fully saturated rings. The molecule has 1 aromatic rings. The molecule has 2 atom stereocenters. The Hall–Kier alpha value is -0.900. The van der Waals surface area contributed by atoms with Gasteiger partial charge in [0.2, 0.25) is 0 Å². The first-order chi connectivity index (χ1) is 8.88. The van der Waals surface area contributed by atoms with Crippen LogP contribution in [0.4, 0.5) is 0 Å². The Labute approximate surface area is 109 Å². The summed E-state index contributed by atoms with van der Waals surface area (Å²) in [5, 5.41) is 0. The minimum Gasteiger partial charge on any atom is -0.374 e. The van der Waals surface area contributed by atoms with Gasteiger partial charge in [0.05, 0.1) is 12.7 Å². The Bertz CT molecular complexity index is 407. The summed E-state index contributed by atoms with van der Waals surface area (Å²) in [5.41, 5.74) is 8.80. The van der Waals surface area contributed by atoms with Crippen LogP contribution in [0.25, 0.3) is 0 Å². The zero-order chi connectivity index (χ0) is 12.4. The van der Waals surface area contributed by atoms with E-state index in [1.807, 2.05) is 0 Å². The highest BCUT2D eigenvalue weighted by molar-refractivity contribution is 5.32. The second kappa shape index (κ2) is 5.39. The fraction of sp³-hybridized carbons (Fsp3) is 0.600. The van der Waals surface area contributed by atoms with Gasteiger partial charge in [0, 0.05) is 25.7 Å². The van der Waals surface area contributed by atoms with E-state index in [9.17, 15) is 0 Å². The molecule has 1 aromatic carbocycles. The monoisotopic (exact) mass is 246 g/mol. The smallest absolute Gasteiger partial charge is 0.0824 e. The molecule has 3 heteroatoms. The number of hydrogen-bond acceptors (Lipinski definition) is 3. The number of nitrogens with two attached hydrogens (primary N) is 1. The standard InChI is InChI=1S/C15H22N2O/c16-10-13-11-17(8-9-18-13)15-7-3-5-12-4-1-2-6-14(12)15/h1-2,4,6,13,15H,3,5,7-11,16H2. The van der Waals surface area contributed by atoms with E-state index in [2.05, 4.69) is 29.2 Å². The zero-order valence-corrected chi connectivity index (χ0v) is 10.8. The molecule has 0 radical (unpaired) electrons. The molecule has 1 aliphatic heterocycles. The van der Waals surface area contributed by atoms with Crippen LogP contribution in [0.15, 0.2) is 24.3 Å². The zero-order valence-electron chi connectivity index (χ0n) is 10.8. The average molecular weight is 246 g/mol. The topological polar surface area (TPSA) is 38.5 Å². The van der Waals surface area contributed by atoms with E-state index in [1.165, 1.54) is 30.4 Å². The van der Waals surface area contributed by atoms with Crippen molar-refractivity contribution in [3.63, 3.8) is 0 Å². The van der Waals surface area contributed by atoms with E-state index >= 15 is 0 Å². The van der Waals surface area contributed by atoms with E-state index in [0.717, 1.165) is 19.7 Å². The summed E-state index contributed by atoms with van der Waals surface area (Å²) in [7, 11) is 0. The van der Waals surface area contributed by atoms with Crippen molar-refractivity contribution in [2.45, 2.75) is 31.4 Å². The Morgan fingerprint density at radius 3 is 3.11 bits per heavy atom. The Balaban J connectivity index is 1.80. The first-order valence-electron chi connectivity index (χ1n) is 7.02. The van der Waals surface area contributed by atoms with Crippen LogP contribution in [-0.4, -0.2) is 37.2 Å². The van der Waals surface area contributed by atoms with E-state index in [4.69, 9.17) is 10.5 Å². The minimum absolute atomic E-state index is 0.216. The predicted octanol–water partition coefficient (Wildman–Crippen LogP) is 1.72. The lowest BCUT2D eigenvalue weighted by atomic mass is 9.86. The number of aryl methyl sites for hydroxylation is 1. The number of nitrogens with zero attached hydrogens (tertiary/aromatic N) is 1. The number of benzene rings is 1. The number of hydrogen-bond donors (Lipinski definition) is 1. The van der Waals surface area contributed by atoms with Crippen molar-refractivity contribution in [1.82, 2.24) is 4.90 Å². The van der Waals surface area contributed by atoms with Gasteiger partial charge in [-0.15, -0.1) is 0 Å². The maximum atomic E-state index is 5.74. The fourth-order valence-electron chi connectivity index (χ4n) is 3.28. The van der Waals surface area contributed by atoms with E-state index in [0.29, 0.717) is 12.6 Å². The Morgan fingerprint density at radius 1 is 1.33 bits per heavy atom. The lowest BCUT2D eigenvalue weighted by Crippen LogP contribution is -2.47. The van der Waals surface area contributed by atoms with Crippen LogP contribution in [0, 0.1) is 0 Å². The molecule has 0 aromatic heterocycles. The third-order valence-electron chi connectivity index (χ3n) is 4.21. The summed E-state index contributed by atoms with van der Waals surface area (Å²) < 4.78 is 5.67. The molecule has 3 rings (SSSR count).